The van der Waals surface area contributed by atoms with Crippen LogP contribution in [-0.4, -0.2) is 43.5 Å². The largest absolute Gasteiger partial charge is 0.469 e. The van der Waals surface area contributed by atoms with Crippen LogP contribution in [0.25, 0.3) is 0 Å². The van der Waals surface area contributed by atoms with Crippen LogP contribution >= 0.6 is 11.3 Å². The van der Waals surface area contributed by atoms with Crippen molar-refractivity contribution in [3.05, 3.63) is 17.0 Å². The first-order chi connectivity index (χ1) is 10.6. The minimum atomic E-state index is -0.140. The molecule has 0 saturated carbocycles. The molecule has 1 saturated heterocycles. The van der Waals surface area contributed by atoms with E-state index in [0.29, 0.717) is 23.5 Å². The average molecular weight is 321 g/mol. The second-order valence-electron chi connectivity index (χ2n) is 5.21. The Bertz CT molecular complexity index is 571. The first kappa shape index (κ1) is 16.5. The van der Waals surface area contributed by atoms with E-state index in [2.05, 4.69) is 10.2 Å². The lowest BCUT2D eigenvalue weighted by molar-refractivity contribution is -0.147. The van der Waals surface area contributed by atoms with Crippen LogP contribution in [0.2, 0.25) is 0 Å². The fourth-order valence-electron chi connectivity index (χ4n) is 2.50. The lowest BCUT2D eigenvalue weighted by Gasteiger charge is -2.30. The van der Waals surface area contributed by atoms with Gasteiger partial charge in [-0.25, -0.2) is 0 Å². The maximum atomic E-state index is 11.9. The number of likely N-dealkylation sites (tertiary alicyclic amines) is 1. The summed E-state index contributed by atoms with van der Waals surface area (Å²) in [5.74, 6) is -0.243. The number of nitriles is 1. The first-order valence-electron chi connectivity index (χ1n) is 7.21. The van der Waals surface area contributed by atoms with Crippen molar-refractivity contribution < 1.29 is 14.3 Å². The van der Waals surface area contributed by atoms with Gasteiger partial charge in [-0.3, -0.25) is 9.59 Å². The molecule has 0 unspecified atom stereocenters. The third-order valence-corrected chi connectivity index (χ3v) is 4.65. The Balaban J connectivity index is 1.72. The molecule has 1 N–H and O–H groups in total. The van der Waals surface area contributed by atoms with Crippen molar-refractivity contribution in [2.75, 3.05) is 32.1 Å². The van der Waals surface area contributed by atoms with Crippen LogP contribution in [0.5, 0.6) is 0 Å². The fourth-order valence-corrected chi connectivity index (χ4v) is 3.26. The van der Waals surface area contributed by atoms with Crippen molar-refractivity contribution in [2.24, 2.45) is 5.92 Å². The molecule has 0 spiro atoms. The smallest absolute Gasteiger partial charge is 0.308 e. The number of hydrogen-bond acceptors (Lipinski definition) is 6. The van der Waals surface area contributed by atoms with Gasteiger partial charge in [0.05, 0.1) is 18.6 Å². The van der Waals surface area contributed by atoms with E-state index in [1.807, 2.05) is 6.07 Å². The Morgan fingerprint density at radius 1 is 1.50 bits per heavy atom. The standard InChI is InChI=1S/C15H19N3O3S/c1-21-15(20)11-2-6-18(7-3-11)8-4-13(19)17-14-12(10-16)5-9-22-14/h5,9,11H,2-4,6-8H2,1H3,(H,17,19). The SMILES string of the molecule is COC(=O)C1CCN(CCC(=O)Nc2sccc2C#N)CC1. The summed E-state index contributed by atoms with van der Waals surface area (Å²) in [5.41, 5.74) is 0.497. The van der Waals surface area contributed by atoms with E-state index in [0.717, 1.165) is 25.9 Å². The number of esters is 1. The molecule has 6 nitrogen and oxygen atoms in total. The molecule has 0 radical (unpaired) electrons. The van der Waals surface area contributed by atoms with Gasteiger partial charge in [0.1, 0.15) is 11.1 Å². The van der Waals surface area contributed by atoms with Gasteiger partial charge < -0.3 is 15.0 Å². The molecular formula is C15H19N3O3S. The highest BCUT2D eigenvalue weighted by atomic mass is 32.1. The zero-order valence-corrected chi connectivity index (χ0v) is 13.3. The third kappa shape index (κ3) is 4.29. The monoisotopic (exact) mass is 321 g/mol. The summed E-state index contributed by atoms with van der Waals surface area (Å²) in [6, 6.07) is 3.74. The van der Waals surface area contributed by atoms with E-state index in [-0.39, 0.29) is 17.8 Å². The topological polar surface area (TPSA) is 82.4 Å². The van der Waals surface area contributed by atoms with E-state index in [1.165, 1.54) is 18.4 Å². The summed E-state index contributed by atoms with van der Waals surface area (Å²) in [6.45, 7) is 2.26. The quantitative estimate of drug-likeness (QED) is 0.837. The number of amides is 1. The Morgan fingerprint density at radius 3 is 2.86 bits per heavy atom. The van der Waals surface area contributed by atoms with Crippen molar-refractivity contribution in [1.82, 2.24) is 4.90 Å². The van der Waals surface area contributed by atoms with Gasteiger partial charge in [-0.15, -0.1) is 11.3 Å². The Labute approximate surface area is 133 Å². The van der Waals surface area contributed by atoms with Crippen LogP contribution in [0.15, 0.2) is 11.4 Å². The number of anilines is 1. The van der Waals surface area contributed by atoms with Crippen LogP contribution < -0.4 is 5.32 Å². The van der Waals surface area contributed by atoms with Crippen molar-refractivity contribution in [3.8, 4) is 6.07 Å². The van der Waals surface area contributed by atoms with Crippen LogP contribution in [0, 0.1) is 17.2 Å². The number of nitrogens with zero attached hydrogens (tertiary/aromatic N) is 2. The van der Waals surface area contributed by atoms with Crippen molar-refractivity contribution >= 4 is 28.2 Å². The molecule has 1 aliphatic heterocycles. The van der Waals surface area contributed by atoms with Gasteiger partial charge in [0.2, 0.25) is 5.91 Å². The molecule has 1 amide bonds. The summed E-state index contributed by atoms with van der Waals surface area (Å²) >= 11 is 1.35. The Morgan fingerprint density at radius 2 is 2.23 bits per heavy atom. The summed E-state index contributed by atoms with van der Waals surface area (Å²) in [6.07, 6.45) is 1.93. The predicted molar refractivity (Wildman–Crippen MR) is 83.5 cm³/mol. The predicted octanol–water partition coefficient (Wildman–Crippen LogP) is 1.83. The molecule has 7 heteroatoms. The van der Waals surface area contributed by atoms with Gasteiger partial charge in [0.25, 0.3) is 0 Å². The molecule has 2 heterocycles. The molecule has 2 rings (SSSR count). The molecule has 1 fully saturated rings. The third-order valence-electron chi connectivity index (χ3n) is 3.82. The maximum Gasteiger partial charge on any atom is 0.308 e. The molecule has 0 bridgehead atoms. The van der Waals surface area contributed by atoms with Crippen molar-refractivity contribution in [1.29, 1.82) is 5.26 Å². The summed E-state index contributed by atoms with van der Waals surface area (Å²) in [5, 5.41) is 14.1. The lowest BCUT2D eigenvalue weighted by Crippen LogP contribution is -2.38. The zero-order valence-electron chi connectivity index (χ0n) is 12.5. The van der Waals surface area contributed by atoms with Crippen LogP contribution in [0.4, 0.5) is 5.00 Å². The second-order valence-corrected chi connectivity index (χ2v) is 6.13. The highest BCUT2D eigenvalue weighted by Crippen LogP contribution is 2.22. The highest BCUT2D eigenvalue weighted by molar-refractivity contribution is 7.14. The van der Waals surface area contributed by atoms with Gasteiger partial charge in [0, 0.05) is 13.0 Å². The molecule has 1 aliphatic rings. The summed E-state index contributed by atoms with van der Waals surface area (Å²) in [4.78, 5) is 25.6. The second kappa shape index (κ2) is 7.92. The van der Waals surface area contributed by atoms with Crippen molar-refractivity contribution in [3.63, 3.8) is 0 Å². The van der Waals surface area contributed by atoms with Crippen LogP contribution in [-0.2, 0) is 14.3 Å². The molecule has 0 aliphatic carbocycles. The molecule has 118 valence electrons. The molecule has 1 aromatic heterocycles. The van der Waals surface area contributed by atoms with Crippen LogP contribution in [0.1, 0.15) is 24.8 Å². The van der Waals surface area contributed by atoms with E-state index < -0.39 is 0 Å². The van der Waals surface area contributed by atoms with E-state index in [9.17, 15) is 9.59 Å². The molecule has 1 aromatic rings. The first-order valence-corrected chi connectivity index (χ1v) is 8.09. The van der Waals surface area contributed by atoms with Gasteiger partial charge in [-0.2, -0.15) is 5.26 Å². The lowest BCUT2D eigenvalue weighted by atomic mass is 9.97. The number of carbonyl (C=O) groups is 2. The normalized spacial score (nSPS) is 16.0. The van der Waals surface area contributed by atoms with Crippen molar-refractivity contribution in [2.45, 2.75) is 19.3 Å². The molecule has 22 heavy (non-hydrogen) atoms. The number of ether oxygens (including phenoxy) is 1. The van der Waals surface area contributed by atoms with Gasteiger partial charge in [0.15, 0.2) is 0 Å². The summed E-state index contributed by atoms with van der Waals surface area (Å²) in [7, 11) is 1.42. The zero-order chi connectivity index (χ0) is 15.9. The number of methoxy groups -OCH3 is 1. The van der Waals surface area contributed by atoms with E-state index in [4.69, 9.17) is 10.00 Å². The Kier molecular flexibility index (Phi) is 5.92. The minimum Gasteiger partial charge on any atom is -0.469 e. The fraction of sp³-hybridized carbons (Fsp3) is 0.533. The van der Waals surface area contributed by atoms with Gasteiger partial charge in [-0.1, -0.05) is 0 Å². The number of piperidine rings is 1. The van der Waals surface area contributed by atoms with E-state index in [1.54, 1.807) is 11.4 Å². The highest BCUT2D eigenvalue weighted by Gasteiger charge is 2.25. The molecular weight excluding hydrogens is 302 g/mol. The minimum absolute atomic E-state index is 0.0145. The van der Waals surface area contributed by atoms with Crippen LogP contribution in [0.3, 0.4) is 0 Å². The van der Waals surface area contributed by atoms with Gasteiger partial charge >= 0.3 is 5.97 Å². The number of hydrogen-bond donors (Lipinski definition) is 1. The van der Waals surface area contributed by atoms with E-state index >= 15 is 0 Å². The number of thiophene rings is 1. The maximum absolute atomic E-state index is 11.9. The molecule has 0 aromatic carbocycles. The Hall–Kier alpha value is -1.91. The number of nitrogens with one attached hydrogen (secondary N) is 1. The number of rotatable bonds is 5. The van der Waals surface area contributed by atoms with Gasteiger partial charge in [-0.05, 0) is 37.4 Å². The number of carbonyl (C=O) groups excluding carboxylic acids is 2. The molecule has 0 atom stereocenters. The average Bonchev–Trinajstić information content (AvgIpc) is 2.99. The summed E-state index contributed by atoms with van der Waals surface area (Å²) < 4.78 is 4.76.